The molecule has 0 saturated heterocycles. The highest BCUT2D eigenvalue weighted by Gasteiger charge is 2.18. The minimum atomic E-state index is -3.88. The zero-order valence-electron chi connectivity index (χ0n) is 13.6. The Morgan fingerprint density at radius 1 is 1.16 bits per heavy atom. The number of nitro benzene ring substituents is 1. The second-order valence-corrected chi connectivity index (χ2v) is 8.01. The van der Waals surface area contributed by atoms with Crippen LogP contribution in [0.5, 0.6) is 0 Å². The number of hydrogen-bond donors (Lipinski definition) is 2. The predicted octanol–water partition coefficient (Wildman–Crippen LogP) is 2.95. The van der Waals surface area contributed by atoms with Crippen LogP contribution in [-0.2, 0) is 10.0 Å². The fourth-order valence-corrected chi connectivity index (χ4v) is 3.99. The molecule has 0 radical (unpaired) electrons. The normalized spacial score (nSPS) is 12.7. The molecule has 0 aliphatic carbocycles. The number of hydrazine groups is 1. The van der Waals surface area contributed by atoms with Crippen molar-refractivity contribution < 1.29 is 13.3 Å². The van der Waals surface area contributed by atoms with Crippen LogP contribution in [0.25, 0.3) is 0 Å². The highest BCUT2D eigenvalue weighted by molar-refractivity contribution is 7.99. The Morgan fingerprint density at radius 3 is 2.52 bits per heavy atom. The van der Waals surface area contributed by atoms with E-state index in [0.29, 0.717) is 5.75 Å². The Balaban J connectivity index is 1.97. The van der Waals surface area contributed by atoms with E-state index in [9.17, 15) is 18.5 Å². The Hall–Kier alpha value is -1.94. The Kier molecular flexibility index (Phi) is 6.94. The van der Waals surface area contributed by atoms with Crippen molar-refractivity contribution in [1.29, 1.82) is 0 Å². The maximum Gasteiger partial charge on any atom is 0.270 e. The number of benzene rings is 2. The highest BCUT2D eigenvalue weighted by atomic mass is 32.2. The van der Waals surface area contributed by atoms with Gasteiger partial charge in [0.25, 0.3) is 15.7 Å². The van der Waals surface area contributed by atoms with Crippen LogP contribution in [0.3, 0.4) is 0 Å². The van der Waals surface area contributed by atoms with Gasteiger partial charge in [-0.1, -0.05) is 31.2 Å². The summed E-state index contributed by atoms with van der Waals surface area (Å²) in [7, 11) is -3.88. The van der Waals surface area contributed by atoms with Gasteiger partial charge in [-0.15, -0.1) is 16.6 Å². The molecule has 2 aromatic carbocycles. The average Bonchev–Trinajstić information content (AvgIpc) is 2.63. The van der Waals surface area contributed by atoms with E-state index in [4.69, 9.17) is 0 Å². The van der Waals surface area contributed by atoms with Crippen LogP contribution in [0.2, 0.25) is 0 Å². The molecule has 0 amide bonds. The molecule has 0 saturated carbocycles. The van der Waals surface area contributed by atoms with Crippen molar-refractivity contribution in [2.24, 2.45) is 0 Å². The van der Waals surface area contributed by atoms with Crippen molar-refractivity contribution in [2.75, 3.05) is 5.75 Å². The van der Waals surface area contributed by atoms with Gasteiger partial charge in [-0.25, -0.2) is 13.8 Å². The average molecular weight is 381 g/mol. The quantitative estimate of drug-likeness (QED) is 0.393. The Bertz CT molecular complexity index is 813. The van der Waals surface area contributed by atoms with Crippen molar-refractivity contribution in [2.45, 2.75) is 29.2 Å². The minimum absolute atomic E-state index is 0.0846. The lowest BCUT2D eigenvalue weighted by Gasteiger charge is -2.17. The van der Waals surface area contributed by atoms with E-state index in [2.05, 4.69) is 10.3 Å². The topological polar surface area (TPSA) is 101 Å². The fraction of sp³-hybridized carbons (Fsp3) is 0.250. The van der Waals surface area contributed by atoms with Crippen molar-refractivity contribution in [3.63, 3.8) is 0 Å². The summed E-state index contributed by atoms with van der Waals surface area (Å²) in [6, 6.07) is 14.7. The number of nitrogens with one attached hydrogen (secondary N) is 2. The largest absolute Gasteiger partial charge is 0.270 e. The number of non-ortho nitro benzene ring substituents is 1. The maximum atomic E-state index is 12.3. The third-order valence-electron chi connectivity index (χ3n) is 3.42. The van der Waals surface area contributed by atoms with Gasteiger partial charge in [0.15, 0.2) is 0 Å². The van der Waals surface area contributed by atoms with Crippen LogP contribution < -0.4 is 10.3 Å². The molecule has 2 aromatic rings. The number of nitrogens with zero attached hydrogens (tertiary/aromatic N) is 1. The van der Waals surface area contributed by atoms with E-state index in [-0.39, 0.29) is 16.6 Å². The molecule has 9 heteroatoms. The highest BCUT2D eigenvalue weighted by Crippen LogP contribution is 2.19. The first-order valence-corrected chi connectivity index (χ1v) is 10.1. The molecule has 0 heterocycles. The molecule has 0 aliphatic rings. The minimum Gasteiger partial charge on any atom is -0.258 e. The first-order valence-electron chi connectivity index (χ1n) is 7.62. The lowest BCUT2D eigenvalue weighted by Crippen LogP contribution is -2.45. The number of nitro groups is 1. The summed E-state index contributed by atoms with van der Waals surface area (Å²) in [4.78, 5) is 13.4. The molecule has 2 rings (SSSR count). The van der Waals surface area contributed by atoms with E-state index >= 15 is 0 Å². The number of hydrogen-bond acceptors (Lipinski definition) is 6. The van der Waals surface area contributed by atoms with Crippen molar-refractivity contribution in [3.8, 4) is 0 Å². The van der Waals surface area contributed by atoms with E-state index in [0.717, 1.165) is 17.4 Å². The number of sulfonamides is 1. The molecular formula is C16H19N3O4S2. The van der Waals surface area contributed by atoms with Crippen molar-refractivity contribution in [3.05, 3.63) is 64.7 Å². The van der Waals surface area contributed by atoms with E-state index in [1.807, 2.05) is 37.3 Å². The zero-order chi connectivity index (χ0) is 18.3. The van der Waals surface area contributed by atoms with Crippen LogP contribution in [0, 0.1) is 10.1 Å². The van der Waals surface area contributed by atoms with Gasteiger partial charge >= 0.3 is 0 Å². The van der Waals surface area contributed by atoms with E-state index in [1.54, 1.807) is 11.8 Å². The summed E-state index contributed by atoms with van der Waals surface area (Å²) in [5.74, 6) is 0.679. The molecule has 0 spiro atoms. The molecule has 0 fully saturated rings. The van der Waals surface area contributed by atoms with E-state index < -0.39 is 14.9 Å². The lowest BCUT2D eigenvalue weighted by atomic mass is 10.3. The van der Waals surface area contributed by atoms with Crippen LogP contribution >= 0.6 is 11.8 Å². The molecule has 25 heavy (non-hydrogen) atoms. The summed E-state index contributed by atoms with van der Waals surface area (Å²) in [6.45, 7) is 1.95. The van der Waals surface area contributed by atoms with Crippen LogP contribution in [0.1, 0.15) is 13.3 Å². The van der Waals surface area contributed by atoms with Gasteiger partial charge in [0, 0.05) is 28.8 Å². The van der Waals surface area contributed by atoms with Gasteiger partial charge in [-0.2, -0.15) is 0 Å². The van der Waals surface area contributed by atoms with Gasteiger partial charge < -0.3 is 0 Å². The van der Waals surface area contributed by atoms with Gasteiger partial charge in [0.1, 0.15) is 0 Å². The first-order chi connectivity index (χ1) is 11.9. The molecule has 134 valence electrons. The van der Waals surface area contributed by atoms with Crippen molar-refractivity contribution in [1.82, 2.24) is 10.3 Å². The second-order valence-electron chi connectivity index (χ2n) is 5.23. The third kappa shape index (κ3) is 5.82. The Morgan fingerprint density at radius 2 is 1.88 bits per heavy atom. The maximum absolute atomic E-state index is 12.3. The SMILES string of the molecule is CCC(CSc1ccccc1)NNS(=O)(=O)c1cccc([N+](=O)[O-])c1. The number of thioether (sulfide) groups is 1. The molecule has 0 aromatic heterocycles. The van der Waals surface area contributed by atoms with Crippen LogP contribution in [-0.4, -0.2) is 25.1 Å². The van der Waals surface area contributed by atoms with E-state index in [1.165, 1.54) is 18.2 Å². The van der Waals surface area contributed by atoms with Gasteiger partial charge in [0.05, 0.1) is 9.82 Å². The molecule has 1 atom stereocenters. The van der Waals surface area contributed by atoms with Crippen LogP contribution in [0.4, 0.5) is 5.69 Å². The monoisotopic (exact) mass is 381 g/mol. The summed E-state index contributed by atoms with van der Waals surface area (Å²) >= 11 is 1.62. The molecule has 2 N–H and O–H groups in total. The fourth-order valence-electron chi connectivity index (χ4n) is 1.96. The summed E-state index contributed by atoms with van der Waals surface area (Å²) in [5, 5.41) is 10.8. The van der Waals surface area contributed by atoms with Gasteiger partial charge in [-0.05, 0) is 24.6 Å². The summed E-state index contributed by atoms with van der Waals surface area (Å²) in [6.07, 6.45) is 0.720. The molecule has 7 nitrogen and oxygen atoms in total. The molecule has 0 bridgehead atoms. The van der Waals surface area contributed by atoms with Crippen molar-refractivity contribution >= 4 is 27.5 Å². The predicted molar refractivity (Wildman–Crippen MR) is 97.8 cm³/mol. The molecule has 0 aliphatic heterocycles. The standard InChI is InChI=1S/C16H19N3O4S2/c1-2-13(12-24-15-8-4-3-5-9-15)17-18-25(22,23)16-10-6-7-14(11-16)19(20)21/h3-11,13,17-18H,2,12H2,1H3. The third-order valence-corrected chi connectivity index (χ3v) is 5.86. The number of rotatable bonds is 9. The summed E-state index contributed by atoms with van der Waals surface area (Å²) in [5.41, 5.74) is 2.53. The first kappa shape index (κ1) is 19.4. The zero-order valence-corrected chi connectivity index (χ0v) is 15.2. The van der Waals surface area contributed by atoms with Gasteiger partial charge in [-0.3, -0.25) is 10.1 Å². The second kappa shape index (κ2) is 8.95. The smallest absolute Gasteiger partial charge is 0.258 e. The molecule has 1 unspecified atom stereocenters. The van der Waals surface area contributed by atoms with Gasteiger partial charge in [0.2, 0.25) is 0 Å². The Labute approximate surface area is 151 Å². The van der Waals surface area contributed by atoms with Crippen LogP contribution in [0.15, 0.2) is 64.4 Å². The molecular weight excluding hydrogens is 362 g/mol. The summed E-state index contributed by atoms with van der Waals surface area (Å²) < 4.78 is 24.6. The lowest BCUT2D eigenvalue weighted by molar-refractivity contribution is -0.385.